The Balaban J connectivity index is 2.13. The van der Waals surface area contributed by atoms with Crippen LogP contribution in [0, 0.1) is 6.92 Å². The van der Waals surface area contributed by atoms with Crippen molar-refractivity contribution in [1.29, 1.82) is 0 Å². The van der Waals surface area contributed by atoms with Crippen molar-refractivity contribution < 1.29 is 0 Å². The van der Waals surface area contributed by atoms with E-state index in [1.54, 1.807) is 0 Å². The Labute approximate surface area is 115 Å². The first-order valence-electron chi connectivity index (χ1n) is 7.41. The van der Waals surface area contributed by atoms with Gasteiger partial charge in [0.2, 0.25) is 0 Å². The van der Waals surface area contributed by atoms with Crippen LogP contribution in [0.3, 0.4) is 0 Å². The van der Waals surface area contributed by atoms with Crippen LogP contribution in [0.25, 0.3) is 11.0 Å². The number of aryl methyl sites for hydroxylation is 2. The van der Waals surface area contributed by atoms with Crippen LogP contribution in [-0.2, 0) is 6.54 Å². The summed E-state index contributed by atoms with van der Waals surface area (Å²) in [5.41, 5.74) is 3.74. The summed E-state index contributed by atoms with van der Waals surface area (Å²) < 4.78 is 2.43. The minimum atomic E-state index is 0.536. The van der Waals surface area contributed by atoms with Crippen LogP contribution in [0.15, 0.2) is 18.2 Å². The monoisotopic (exact) mass is 257 g/mol. The van der Waals surface area contributed by atoms with E-state index in [2.05, 4.69) is 48.9 Å². The van der Waals surface area contributed by atoms with Crippen molar-refractivity contribution in [3.05, 3.63) is 29.6 Å². The zero-order valence-electron chi connectivity index (χ0n) is 12.1. The van der Waals surface area contributed by atoms with Crippen LogP contribution >= 0.6 is 0 Å². The van der Waals surface area contributed by atoms with Gasteiger partial charge in [0, 0.05) is 18.5 Å². The van der Waals surface area contributed by atoms with Crippen molar-refractivity contribution in [3.63, 3.8) is 0 Å². The molecule has 1 aromatic carbocycles. The van der Waals surface area contributed by atoms with E-state index in [0.717, 1.165) is 25.0 Å². The van der Waals surface area contributed by atoms with Crippen molar-refractivity contribution in [2.24, 2.45) is 0 Å². The minimum absolute atomic E-state index is 0.536. The van der Waals surface area contributed by atoms with Crippen molar-refractivity contribution in [2.75, 3.05) is 6.54 Å². The lowest BCUT2D eigenvalue weighted by Crippen LogP contribution is -2.23. The number of hydrogen-bond donors (Lipinski definition) is 1. The summed E-state index contributed by atoms with van der Waals surface area (Å²) in [4.78, 5) is 4.95. The zero-order chi connectivity index (χ0) is 13.4. The lowest BCUT2D eigenvalue weighted by molar-refractivity contribution is 0.532. The number of aromatic nitrogens is 2. The van der Waals surface area contributed by atoms with Gasteiger partial charge in [-0.05, 0) is 50.9 Å². The average Bonchev–Trinajstić information content (AvgIpc) is 2.94. The van der Waals surface area contributed by atoms with E-state index in [1.165, 1.54) is 23.3 Å². The molecule has 2 heterocycles. The van der Waals surface area contributed by atoms with E-state index in [0.29, 0.717) is 12.0 Å². The second kappa shape index (κ2) is 4.97. The van der Waals surface area contributed by atoms with E-state index >= 15 is 0 Å². The Morgan fingerprint density at radius 1 is 1.42 bits per heavy atom. The highest BCUT2D eigenvalue weighted by Gasteiger charge is 2.29. The van der Waals surface area contributed by atoms with Crippen LogP contribution in [-0.4, -0.2) is 22.1 Å². The van der Waals surface area contributed by atoms with Gasteiger partial charge in [0.05, 0.1) is 11.0 Å². The van der Waals surface area contributed by atoms with Crippen LogP contribution in [0.5, 0.6) is 0 Å². The first-order valence-corrected chi connectivity index (χ1v) is 7.41. The molecule has 1 N–H and O–H groups in total. The summed E-state index contributed by atoms with van der Waals surface area (Å²) in [7, 11) is 0. The number of hydrogen-bond acceptors (Lipinski definition) is 2. The largest absolute Gasteiger partial charge is 0.328 e. The molecule has 0 spiro atoms. The van der Waals surface area contributed by atoms with Crippen LogP contribution in [0.1, 0.15) is 44.0 Å². The first kappa shape index (κ1) is 12.7. The molecule has 2 atom stereocenters. The maximum absolute atomic E-state index is 4.95. The quantitative estimate of drug-likeness (QED) is 0.915. The SMILES string of the molecule is CCCn1c(C2CCNC2C)nc2cc(C)ccc21. The highest BCUT2D eigenvalue weighted by Crippen LogP contribution is 2.30. The Morgan fingerprint density at radius 3 is 2.95 bits per heavy atom. The number of fused-ring (bicyclic) bond motifs is 1. The topological polar surface area (TPSA) is 29.9 Å². The molecule has 3 nitrogen and oxygen atoms in total. The van der Waals surface area contributed by atoms with Gasteiger partial charge < -0.3 is 9.88 Å². The molecule has 19 heavy (non-hydrogen) atoms. The van der Waals surface area contributed by atoms with E-state index in [4.69, 9.17) is 4.98 Å². The molecule has 2 aromatic rings. The molecule has 2 unspecified atom stereocenters. The van der Waals surface area contributed by atoms with Gasteiger partial charge in [-0.25, -0.2) is 4.98 Å². The Morgan fingerprint density at radius 2 is 2.26 bits per heavy atom. The van der Waals surface area contributed by atoms with Crippen molar-refractivity contribution in [3.8, 4) is 0 Å². The lowest BCUT2D eigenvalue weighted by atomic mass is 10.0. The number of benzene rings is 1. The smallest absolute Gasteiger partial charge is 0.114 e. The van der Waals surface area contributed by atoms with Crippen molar-refractivity contribution >= 4 is 11.0 Å². The predicted molar refractivity (Wildman–Crippen MR) is 79.6 cm³/mol. The molecule has 0 bridgehead atoms. The summed E-state index contributed by atoms with van der Waals surface area (Å²) in [5.74, 6) is 1.83. The Bertz CT molecular complexity index is 585. The first-order chi connectivity index (χ1) is 9.20. The number of nitrogens with one attached hydrogen (secondary N) is 1. The van der Waals surface area contributed by atoms with Crippen LogP contribution in [0.2, 0.25) is 0 Å². The van der Waals surface area contributed by atoms with E-state index in [-0.39, 0.29) is 0 Å². The van der Waals surface area contributed by atoms with E-state index in [9.17, 15) is 0 Å². The fraction of sp³-hybridized carbons (Fsp3) is 0.562. The average molecular weight is 257 g/mol. The highest BCUT2D eigenvalue weighted by atomic mass is 15.1. The third kappa shape index (κ3) is 2.16. The standard InChI is InChI=1S/C16H23N3/c1-4-9-19-15-6-5-11(2)10-14(15)18-16(19)13-7-8-17-12(13)3/h5-6,10,12-13,17H,4,7-9H2,1-3H3. The fourth-order valence-electron chi connectivity index (χ4n) is 3.21. The molecule has 102 valence electrons. The summed E-state index contributed by atoms with van der Waals surface area (Å²) >= 11 is 0. The molecule has 1 saturated heterocycles. The molecule has 0 saturated carbocycles. The lowest BCUT2D eigenvalue weighted by Gasteiger charge is -2.16. The third-order valence-corrected chi connectivity index (χ3v) is 4.24. The van der Waals surface area contributed by atoms with Gasteiger partial charge in [0.1, 0.15) is 5.82 Å². The van der Waals surface area contributed by atoms with Gasteiger partial charge >= 0.3 is 0 Å². The normalized spacial score (nSPS) is 23.3. The minimum Gasteiger partial charge on any atom is -0.328 e. The van der Waals surface area contributed by atoms with E-state index in [1.807, 2.05) is 0 Å². The molecule has 1 fully saturated rings. The maximum atomic E-state index is 4.95. The fourth-order valence-corrected chi connectivity index (χ4v) is 3.21. The molecule has 0 amide bonds. The maximum Gasteiger partial charge on any atom is 0.114 e. The predicted octanol–water partition coefficient (Wildman–Crippen LogP) is 3.22. The molecule has 1 aromatic heterocycles. The number of imidazole rings is 1. The summed E-state index contributed by atoms with van der Waals surface area (Å²) in [6, 6.07) is 7.16. The number of nitrogens with zero attached hydrogens (tertiary/aromatic N) is 2. The molecular formula is C16H23N3. The number of rotatable bonds is 3. The molecule has 1 aliphatic rings. The molecule has 3 heteroatoms. The van der Waals surface area contributed by atoms with Crippen molar-refractivity contribution in [2.45, 2.75) is 52.1 Å². The summed E-state index contributed by atoms with van der Waals surface area (Å²) in [5, 5.41) is 3.54. The second-order valence-electron chi connectivity index (χ2n) is 5.75. The van der Waals surface area contributed by atoms with Gasteiger partial charge in [0.25, 0.3) is 0 Å². The van der Waals surface area contributed by atoms with Gasteiger partial charge in [-0.1, -0.05) is 13.0 Å². The van der Waals surface area contributed by atoms with Crippen LogP contribution < -0.4 is 5.32 Å². The Hall–Kier alpha value is -1.35. The highest BCUT2D eigenvalue weighted by molar-refractivity contribution is 5.77. The van der Waals surface area contributed by atoms with Gasteiger partial charge in [0.15, 0.2) is 0 Å². The van der Waals surface area contributed by atoms with E-state index < -0.39 is 0 Å². The van der Waals surface area contributed by atoms with Gasteiger partial charge in [-0.2, -0.15) is 0 Å². The molecule has 0 aliphatic carbocycles. The molecule has 1 aliphatic heterocycles. The second-order valence-corrected chi connectivity index (χ2v) is 5.75. The van der Waals surface area contributed by atoms with Gasteiger partial charge in [-0.3, -0.25) is 0 Å². The molecule has 0 radical (unpaired) electrons. The Kier molecular flexibility index (Phi) is 3.31. The summed E-state index contributed by atoms with van der Waals surface area (Å²) in [6.07, 6.45) is 2.36. The summed E-state index contributed by atoms with van der Waals surface area (Å²) in [6.45, 7) is 8.83. The molecular weight excluding hydrogens is 234 g/mol. The van der Waals surface area contributed by atoms with Crippen molar-refractivity contribution in [1.82, 2.24) is 14.9 Å². The molecule has 3 rings (SSSR count). The van der Waals surface area contributed by atoms with Gasteiger partial charge in [-0.15, -0.1) is 0 Å². The van der Waals surface area contributed by atoms with Crippen LogP contribution in [0.4, 0.5) is 0 Å². The zero-order valence-corrected chi connectivity index (χ0v) is 12.1. The third-order valence-electron chi connectivity index (χ3n) is 4.24.